The SMILES string of the molecule is Cc1ccc(C)c(OCC2(CBr)CCCCCC2)c1. The van der Waals surface area contributed by atoms with Gasteiger partial charge >= 0.3 is 0 Å². The first kappa shape index (κ1) is 14.9. The Kier molecular flexibility index (Phi) is 5.32. The molecule has 0 spiro atoms. The molecule has 1 aliphatic carbocycles. The Morgan fingerprint density at radius 1 is 1.11 bits per heavy atom. The summed E-state index contributed by atoms with van der Waals surface area (Å²) in [5.41, 5.74) is 2.85. The first-order valence-electron chi connectivity index (χ1n) is 7.41. The number of hydrogen-bond donors (Lipinski definition) is 0. The smallest absolute Gasteiger partial charge is 0.122 e. The third kappa shape index (κ3) is 3.98. The third-order valence-electron chi connectivity index (χ3n) is 4.33. The molecule has 1 saturated carbocycles. The molecule has 0 N–H and O–H groups in total. The van der Waals surface area contributed by atoms with Crippen LogP contribution in [0.25, 0.3) is 0 Å². The van der Waals surface area contributed by atoms with E-state index in [-0.39, 0.29) is 0 Å². The Balaban J connectivity index is 2.04. The van der Waals surface area contributed by atoms with Gasteiger partial charge in [-0.25, -0.2) is 0 Å². The fraction of sp³-hybridized carbons (Fsp3) is 0.647. The quantitative estimate of drug-likeness (QED) is 0.531. The summed E-state index contributed by atoms with van der Waals surface area (Å²) in [6.45, 7) is 5.10. The van der Waals surface area contributed by atoms with Gasteiger partial charge in [-0.2, -0.15) is 0 Å². The van der Waals surface area contributed by atoms with Crippen LogP contribution in [0.4, 0.5) is 0 Å². The molecule has 0 saturated heterocycles. The van der Waals surface area contributed by atoms with Gasteiger partial charge in [0.25, 0.3) is 0 Å². The molecule has 1 nitrogen and oxygen atoms in total. The molecular weight excluding hydrogens is 300 g/mol. The lowest BCUT2D eigenvalue weighted by Crippen LogP contribution is -2.30. The molecule has 1 aromatic rings. The van der Waals surface area contributed by atoms with Crippen LogP contribution in [-0.2, 0) is 0 Å². The van der Waals surface area contributed by atoms with Crippen LogP contribution in [0.1, 0.15) is 49.7 Å². The van der Waals surface area contributed by atoms with E-state index in [0.29, 0.717) is 5.41 Å². The third-order valence-corrected chi connectivity index (χ3v) is 5.51. The second-order valence-corrected chi connectivity index (χ2v) is 6.67. The average molecular weight is 325 g/mol. The summed E-state index contributed by atoms with van der Waals surface area (Å²) in [4.78, 5) is 0. The van der Waals surface area contributed by atoms with E-state index >= 15 is 0 Å². The number of alkyl halides is 1. The zero-order valence-corrected chi connectivity index (χ0v) is 13.8. The van der Waals surface area contributed by atoms with E-state index in [4.69, 9.17) is 4.74 Å². The van der Waals surface area contributed by atoms with Crippen LogP contribution < -0.4 is 4.74 Å². The van der Waals surface area contributed by atoms with Crippen LogP contribution in [0.3, 0.4) is 0 Å². The van der Waals surface area contributed by atoms with Crippen molar-refractivity contribution in [2.24, 2.45) is 5.41 Å². The van der Waals surface area contributed by atoms with Crippen LogP contribution in [0.15, 0.2) is 18.2 Å². The topological polar surface area (TPSA) is 9.23 Å². The fourth-order valence-corrected chi connectivity index (χ4v) is 3.61. The molecule has 19 heavy (non-hydrogen) atoms. The normalized spacial score (nSPS) is 18.9. The largest absolute Gasteiger partial charge is 0.493 e. The summed E-state index contributed by atoms with van der Waals surface area (Å²) in [5.74, 6) is 1.06. The molecule has 0 aromatic heterocycles. The molecule has 0 unspecified atom stereocenters. The maximum Gasteiger partial charge on any atom is 0.122 e. The zero-order valence-electron chi connectivity index (χ0n) is 12.2. The molecule has 0 atom stereocenters. The molecule has 0 heterocycles. The molecular formula is C17H25BrO. The van der Waals surface area contributed by atoms with E-state index in [1.807, 2.05) is 0 Å². The standard InChI is InChI=1S/C17H25BrO/c1-14-7-8-15(2)16(11-14)19-13-17(12-18)9-5-3-4-6-10-17/h7-8,11H,3-6,9-10,12-13H2,1-2H3. The summed E-state index contributed by atoms with van der Waals surface area (Å²) in [5, 5.41) is 1.06. The number of rotatable bonds is 4. The molecule has 1 fully saturated rings. The van der Waals surface area contributed by atoms with Crippen LogP contribution in [-0.4, -0.2) is 11.9 Å². The van der Waals surface area contributed by atoms with Crippen molar-refractivity contribution in [2.45, 2.75) is 52.4 Å². The van der Waals surface area contributed by atoms with Crippen LogP contribution in [0, 0.1) is 19.3 Å². The van der Waals surface area contributed by atoms with Crippen molar-refractivity contribution in [1.82, 2.24) is 0 Å². The fourth-order valence-electron chi connectivity index (χ4n) is 2.89. The second kappa shape index (κ2) is 6.78. The van der Waals surface area contributed by atoms with E-state index in [0.717, 1.165) is 17.7 Å². The van der Waals surface area contributed by atoms with Gasteiger partial charge in [0.15, 0.2) is 0 Å². The molecule has 106 valence electrons. The first-order valence-corrected chi connectivity index (χ1v) is 8.53. The summed E-state index contributed by atoms with van der Waals surface area (Å²) in [6.07, 6.45) is 8.06. The monoisotopic (exact) mass is 324 g/mol. The molecule has 0 radical (unpaired) electrons. The zero-order chi connectivity index (χ0) is 13.7. The van der Waals surface area contributed by atoms with Crippen molar-refractivity contribution in [3.05, 3.63) is 29.3 Å². The summed E-state index contributed by atoms with van der Waals surface area (Å²) >= 11 is 3.73. The predicted molar refractivity (Wildman–Crippen MR) is 85.3 cm³/mol. The minimum absolute atomic E-state index is 0.340. The Morgan fingerprint density at radius 2 is 1.79 bits per heavy atom. The van der Waals surface area contributed by atoms with Crippen molar-refractivity contribution in [1.29, 1.82) is 0 Å². The summed E-state index contributed by atoms with van der Waals surface area (Å²) < 4.78 is 6.18. The lowest BCUT2D eigenvalue weighted by atomic mass is 9.83. The van der Waals surface area contributed by atoms with Crippen molar-refractivity contribution in [3.8, 4) is 5.75 Å². The van der Waals surface area contributed by atoms with Crippen molar-refractivity contribution in [2.75, 3.05) is 11.9 Å². The molecule has 0 bridgehead atoms. The molecule has 1 aliphatic rings. The molecule has 2 heteroatoms. The predicted octanol–water partition coefficient (Wildman–Crippen LogP) is 5.42. The van der Waals surface area contributed by atoms with E-state index in [1.165, 1.54) is 49.7 Å². The van der Waals surface area contributed by atoms with Crippen molar-refractivity contribution < 1.29 is 4.74 Å². The van der Waals surface area contributed by atoms with E-state index < -0.39 is 0 Å². The van der Waals surface area contributed by atoms with Gasteiger partial charge in [0, 0.05) is 10.7 Å². The van der Waals surface area contributed by atoms with Gasteiger partial charge in [-0.1, -0.05) is 53.7 Å². The number of ether oxygens (including phenoxy) is 1. The van der Waals surface area contributed by atoms with Crippen molar-refractivity contribution >= 4 is 15.9 Å². The van der Waals surface area contributed by atoms with Gasteiger partial charge in [0.1, 0.15) is 5.75 Å². The van der Waals surface area contributed by atoms with Crippen LogP contribution in [0.5, 0.6) is 5.75 Å². The number of benzene rings is 1. The van der Waals surface area contributed by atoms with Gasteiger partial charge < -0.3 is 4.74 Å². The number of aryl methyl sites for hydroxylation is 2. The van der Waals surface area contributed by atoms with E-state index in [2.05, 4.69) is 48.0 Å². The van der Waals surface area contributed by atoms with Gasteiger partial charge in [-0.3, -0.25) is 0 Å². The lowest BCUT2D eigenvalue weighted by molar-refractivity contribution is 0.148. The number of hydrogen-bond acceptors (Lipinski definition) is 1. The van der Waals surface area contributed by atoms with Crippen LogP contribution >= 0.6 is 15.9 Å². The van der Waals surface area contributed by atoms with Crippen molar-refractivity contribution in [3.63, 3.8) is 0 Å². The maximum absolute atomic E-state index is 6.18. The highest BCUT2D eigenvalue weighted by Gasteiger charge is 2.30. The summed E-state index contributed by atoms with van der Waals surface area (Å²) in [7, 11) is 0. The lowest BCUT2D eigenvalue weighted by Gasteiger charge is -2.31. The molecule has 2 rings (SSSR count). The second-order valence-electron chi connectivity index (χ2n) is 6.11. The minimum atomic E-state index is 0.340. The Labute approximate surface area is 125 Å². The Hall–Kier alpha value is -0.500. The van der Waals surface area contributed by atoms with E-state index in [9.17, 15) is 0 Å². The molecule has 0 amide bonds. The molecule has 1 aromatic carbocycles. The summed E-state index contributed by atoms with van der Waals surface area (Å²) in [6, 6.07) is 6.46. The van der Waals surface area contributed by atoms with Gasteiger partial charge in [0.05, 0.1) is 6.61 Å². The van der Waals surface area contributed by atoms with Gasteiger partial charge in [-0.05, 0) is 43.9 Å². The maximum atomic E-state index is 6.18. The van der Waals surface area contributed by atoms with Gasteiger partial charge in [0.2, 0.25) is 0 Å². The highest BCUT2D eigenvalue weighted by molar-refractivity contribution is 9.09. The average Bonchev–Trinajstić information content (AvgIpc) is 2.66. The number of halogens is 1. The molecule has 0 aliphatic heterocycles. The first-order chi connectivity index (χ1) is 9.15. The van der Waals surface area contributed by atoms with E-state index in [1.54, 1.807) is 0 Å². The highest BCUT2D eigenvalue weighted by atomic mass is 79.9. The highest BCUT2D eigenvalue weighted by Crippen LogP contribution is 2.37. The van der Waals surface area contributed by atoms with Gasteiger partial charge in [-0.15, -0.1) is 0 Å². The Morgan fingerprint density at radius 3 is 2.42 bits per heavy atom. The Bertz CT molecular complexity index is 406. The minimum Gasteiger partial charge on any atom is -0.493 e. The van der Waals surface area contributed by atoms with Crippen LogP contribution in [0.2, 0.25) is 0 Å².